The second-order valence-electron chi connectivity index (χ2n) is 5.59. The van der Waals surface area contributed by atoms with Crippen molar-refractivity contribution in [3.8, 4) is 5.75 Å². The lowest BCUT2D eigenvalue weighted by Crippen LogP contribution is -2.30. The van der Waals surface area contributed by atoms with Crippen LogP contribution in [-0.4, -0.2) is 57.5 Å². The summed E-state index contributed by atoms with van der Waals surface area (Å²) in [4.78, 5) is 11.8. The van der Waals surface area contributed by atoms with E-state index in [1.54, 1.807) is 7.11 Å². The van der Waals surface area contributed by atoms with Crippen LogP contribution in [0.1, 0.15) is 23.0 Å². The van der Waals surface area contributed by atoms with Crippen LogP contribution in [-0.2, 0) is 14.3 Å². The summed E-state index contributed by atoms with van der Waals surface area (Å²) in [6, 6.07) is 8.09. The number of amides is 1. The van der Waals surface area contributed by atoms with Crippen molar-refractivity contribution in [2.45, 2.75) is 17.4 Å². The summed E-state index contributed by atoms with van der Waals surface area (Å²) in [5, 5.41) is 2.83. The summed E-state index contributed by atoms with van der Waals surface area (Å²) in [6.07, 6.45) is 2.07. The Labute approximate surface area is 158 Å². The van der Waals surface area contributed by atoms with E-state index in [2.05, 4.69) is 17.4 Å². The number of nitrogens with one attached hydrogen (secondary N) is 1. The third kappa shape index (κ3) is 8.35. The summed E-state index contributed by atoms with van der Waals surface area (Å²) >= 11 is 4.00. The second-order valence-corrected chi connectivity index (χ2v) is 8.32. The number of hydrogen-bond acceptors (Lipinski definition) is 6. The number of rotatable bonds is 11. The van der Waals surface area contributed by atoms with Crippen LogP contribution in [0.4, 0.5) is 0 Å². The number of ether oxygens (including phenoxy) is 3. The first-order valence-corrected chi connectivity index (χ1v) is 10.7. The lowest BCUT2D eigenvalue weighted by atomic mass is 10.2. The van der Waals surface area contributed by atoms with Crippen LogP contribution in [0.15, 0.2) is 24.3 Å². The first-order valence-electron chi connectivity index (χ1n) is 8.59. The van der Waals surface area contributed by atoms with Crippen molar-refractivity contribution in [3.05, 3.63) is 29.8 Å². The van der Waals surface area contributed by atoms with Gasteiger partial charge in [-0.25, -0.2) is 0 Å². The van der Waals surface area contributed by atoms with Gasteiger partial charge in [-0.15, -0.1) is 23.5 Å². The standard InChI is InChI=1S/C18H27NO4S2/c1-21-10-11-22-9-2-8-19-17(20)14-23-16-6-4-15(5-7-16)18-24-12-3-13-25-18/h4-7,18H,2-3,8-14H2,1H3,(H,19,20). The van der Waals surface area contributed by atoms with E-state index in [0.717, 1.165) is 12.2 Å². The van der Waals surface area contributed by atoms with Gasteiger partial charge in [0.05, 0.1) is 17.8 Å². The fourth-order valence-corrected chi connectivity index (χ4v) is 5.14. The topological polar surface area (TPSA) is 56.8 Å². The molecule has 1 aromatic rings. The van der Waals surface area contributed by atoms with Gasteiger partial charge in [0.25, 0.3) is 5.91 Å². The molecule has 1 fully saturated rings. The summed E-state index contributed by atoms with van der Waals surface area (Å²) in [5.74, 6) is 3.08. The van der Waals surface area contributed by atoms with Crippen LogP contribution in [0, 0.1) is 0 Å². The molecule has 1 saturated heterocycles. The third-order valence-corrected chi connectivity index (χ3v) is 6.58. The Balaban J connectivity index is 1.58. The molecular formula is C18H27NO4S2. The Hall–Kier alpha value is -0.890. The minimum absolute atomic E-state index is 0.0385. The number of hydrogen-bond donors (Lipinski definition) is 1. The van der Waals surface area contributed by atoms with Gasteiger partial charge in [-0.05, 0) is 42.0 Å². The van der Waals surface area contributed by atoms with Gasteiger partial charge in [-0.1, -0.05) is 12.1 Å². The molecule has 1 aliphatic heterocycles. The largest absolute Gasteiger partial charge is 0.484 e. The second kappa shape index (κ2) is 12.5. The number of carbonyl (C=O) groups excluding carboxylic acids is 1. The lowest BCUT2D eigenvalue weighted by molar-refractivity contribution is -0.123. The van der Waals surface area contributed by atoms with Crippen LogP contribution >= 0.6 is 23.5 Å². The summed E-state index contributed by atoms with van der Waals surface area (Å²) in [5.41, 5.74) is 1.32. The molecule has 25 heavy (non-hydrogen) atoms. The molecular weight excluding hydrogens is 358 g/mol. The van der Waals surface area contributed by atoms with E-state index in [0.29, 0.717) is 30.9 Å². The molecule has 7 heteroatoms. The van der Waals surface area contributed by atoms with Gasteiger partial charge >= 0.3 is 0 Å². The maximum Gasteiger partial charge on any atom is 0.257 e. The van der Waals surface area contributed by atoms with E-state index in [1.165, 1.54) is 23.5 Å². The zero-order valence-corrected chi connectivity index (χ0v) is 16.3. The Morgan fingerprint density at radius 3 is 2.64 bits per heavy atom. The van der Waals surface area contributed by atoms with Gasteiger partial charge in [0.15, 0.2) is 6.61 Å². The molecule has 0 bridgehead atoms. The normalized spacial score (nSPS) is 15.1. The molecule has 0 saturated carbocycles. The summed E-state index contributed by atoms with van der Waals surface area (Å²) in [7, 11) is 1.64. The highest BCUT2D eigenvalue weighted by Gasteiger charge is 2.16. The van der Waals surface area contributed by atoms with Crippen LogP contribution in [0.5, 0.6) is 5.75 Å². The Bertz CT molecular complexity index is 492. The van der Waals surface area contributed by atoms with Crippen LogP contribution in [0.25, 0.3) is 0 Å². The molecule has 0 atom stereocenters. The maximum absolute atomic E-state index is 11.8. The quantitative estimate of drug-likeness (QED) is 0.591. The minimum atomic E-state index is -0.112. The van der Waals surface area contributed by atoms with Gasteiger partial charge < -0.3 is 19.5 Å². The fourth-order valence-electron chi connectivity index (χ4n) is 2.25. The fraction of sp³-hybridized carbons (Fsp3) is 0.611. The summed E-state index contributed by atoms with van der Waals surface area (Å²) < 4.78 is 16.3. The Morgan fingerprint density at radius 1 is 1.16 bits per heavy atom. The molecule has 1 aromatic carbocycles. The first-order chi connectivity index (χ1) is 12.3. The molecule has 1 amide bonds. The molecule has 1 N–H and O–H groups in total. The average molecular weight is 386 g/mol. The van der Waals surface area contributed by atoms with Crippen molar-refractivity contribution in [1.29, 1.82) is 0 Å². The van der Waals surface area contributed by atoms with Crippen molar-refractivity contribution in [3.63, 3.8) is 0 Å². The van der Waals surface area contributed by atoms with E-state index < -0.39 is 0 Å². The molecule has 0 aliphatic carbocycles. The van der Waals surface area contributed by atoms with Crippen molar-refractivity contribution >= 4 is 29.4 Å². The first kappa shape index (κ1) is 20.4. The monoisotopic (exact) mass is 385 g/mol. The predicted molar refractivity (Wildman–Crippen MR) is 105 cm³/mol. The molecule has 0 aromatic heterocycles. The third-order valence-electron chi connectivity index (χ3n) is 3.57. The molecule has 0 unspecified atom stereocenters. The van der Waals surface area contributed by atoms with Crippen molar-refractivity contribution in [2.24, 2.45) is 0 Å². The van der Waals surface area contributed by atoms with Crippen molar-refractivity contribution in [2.75, 3.05) is 51.6 Å². The zero-order chi connectivity index (χ0) is 17.7. The van der Waals surface area contributed by atoms with Crippen molar-refractivity contribution in [1.82, 2.24) is 5.32 Å². The SMILES string of the molecule is COCCOCCCNC(=O)COc1ccc(C2SCCCS2)cc1. The zero-order valence-electron chi connectivity index (χ0n) is 14.7. The van der Waals surface area contributed by atoms with Gasteiger partial charge in [0.1, 0.15) is 5.75 Å². The van der Waals surface area contributed by atoms with E-state index >= 15 is 0 Å². The summed E-state index contributed by atoms with van der Waals surface area (Å²) in [6.45, 7) is 2.42. The van der Waals surface area contributed by atoms with Crippen LogP contribution < -0.4 is 10.1 Å². The average Bonchev–Trinajstić information content (AvgIpc) is 2.67. The molecule has 2 rings (SSSR count). The van der Waals surface area contributed by atoms with Crippen molar-refractivity contribution < 1.29 is 19.0 Å². The molecule has 0 spiro atoms. The molecule has 140 valence electrons. The highest BCUT2D eigenvalue weighted by atomic mass is 32.2. The number of benzene rings is 1. The van der Waals surface area contributed by atoms with Crippen LogP contribution in [0.2, 0.25) is 0 Å². The Morgan fingerprint density at radius 2 is 1.92 bits per heavy atom. The highest BCUT2D eigenvalue weighted by Crippen LogP contribution is 2.43. The predicted octanol–water partition coefficient (Wildman–Crippen LogP) is 3.10. The van der Waals surface area contributed by atoms with E-state index in [-0.39, 0.29) is 12.5 Å². The number of methoxy groups -OCH3 is 1. The van der Waals surface area contributed by atoms with E-state index in [9.17, 15) is 4.79 Å². The van der Waals surface area contributed by atoms with Gasteiger partial charge in [0.2, 0.25) is 0 Å². The molecule has 1 aliphatic rings. The number of thioether (sulfide) groups is 2. The molecule has 0 radical (unpaired) electrons. The van der Waals surface area contributed by atoms with E-state index in [1.807, 2.05) is 35.7 Å². The Kier molecular flexibility index (Phi) is 10.2. The van der Waals surface area contributed by atoms with Gasteiger partial charge in [-0.2, -0.15) is 0 Å². The molecule has 5 nitrogen and oxygen atoms in total. The van der Waals surface area contributed by atoms with Gasteiger partial charge in [0, 0.05) is 20.3 Å². The van der Waals surface area contributed by atoms with Gasteiger partial charge in [-0.3, -0.25) is 4.79 Å². The maximum atomic E-state index is 11.8. The molecule has 1 heterocycles. The highest BCUT2D eigenvalue weighted by molar-refractivity contribution is 8.16. The minimum Gasteiger partial charge on any atom is -0.484 e. The van der Waals surface area contributed by atoms with Crippen LogP contribution in [0.3, 0.4) is 0 Å². The van der Waals surface area contributed by atoms with E-state index in [4.69, 9.17) is 14.2 Å². The smallest absolute Gasteiger partial charge is 0.257 e. The lowest BCUT2D eigenvalue weighted by Gasteiger charge is -2.21. The number of carbonyl (C=O) groups is 1.